The van der Waals surface area contributed by atoms with Gasteiger partial charge >= 0.3 is 0 Å². The fourth-order valence-corrected chi connectivity index (χ4v) is 2.81. The average Bonchev–Trinajstić information content (AvgIpc) is 3.32. The molecule has 7 heteroatoms. The van der Waals surface area contributed by atoms with Gasteiger partial charge in [-0.05, 0) is 11.4 Å². The van der Waals surface area contributed by atoms with Crippen LogP contribution in [0.25, 0.3) is 11.3 Å². The van der Waals surface area contributed by atoms with Crippen LogP contribution in [-0.2, 0) is 11.3 Å². The molecule has 2 N–H and O–H groups in total. The van der Waals surface area contributed by atoms with Crippen LogP contribution in [0.15, 0.2) is 57.8 Å². The molecular weight excluding hydrogens is 338 g/mol. The molecule has 2 heterocycles. The number of carbonyl (C=O) groups excluding carboxylic acids is 2. The first-order chi connectivity index (χ1) is 12.2. The van der Waals surface area contributed by atoms with E-state index in [9.17, 15) is 9.59 Å². The van der Waals surface area contributed by atoms with Gasteiger partial charge in [0.1, 0.15) is 0 Å². The van der Waals surface area contributed by atoms with E-state index in [2.05, 4.69) is 15.6 Å². The maximum atomic E-state index is 11.8. The molecule has 0 fully saturated rings. The maximum Gasteiger partial charge on any atom is 0.252 e. The molecule has 2 aromatic heterocycles. The average molecular weight is 355 g/mol. The summed E-state index contributed by atoms with van der Waals surface area (Å²) in [6.45, 7) is 0.492. The minimum Gasteiger partial charge on any atom is -0.439 e. The predicted octanol–water partition coefficient (Wildman–Crippen LogP) is 2.84. The van der Waals surface area contributed by atoms with Crippen molar-refractivity contribution in [1.29, 1.82) is 0 Å². The molecule has 25 heavy (non-hydrogen) atoms. The monoisotopic (exact) mass is 355 g/mol. The van der Waals surface area contributed by atoms with Crippen molar-refractivity contribution in [3.63, 3.8) is 0 Å². The third-order valence-corrected chi connectivity index (χ3v) is 4.15. The zero-order valence-electron chi connectivity index (χ0n) is 13.4. The summed E-state index contributed by atoms with van der Waals surface area (Å²) in [4.78, 5) is 27.7. The molecule has 0 aliphatic heterocycles. The molecule has 2 amide bonds. The van der Waals surface area contributed by atoms with Crippen LogP contribution in [0.5, 0.6) is 0 Å². The number of benzene rings is 1. The summed E-state index contributed by atoms with van der Waals surface area (Å²) in [6.07, 6.45) is 1.83. The Morgan fingerprint density at radius 3 is 2.72 bits per heavy atom. The zero-order chi connectivity index (χ0) is 17.5. The molecule has 3 rings (SSSR count). The largest absolute Gasteiger partial charge is 0.439 e. The zero-order valence-corrected chi connectivity index (χ0v) is 14.2. The third-order valence-electron chi connectivity index (χ3n) is 3.47. The lowest BCUT2D eigenvalue weighted by Gasteiger charge is -2.04. The third kappa shape index (κ3) is 4.77. The lowest BCUT2D eigenvalue weighted by Crippen LogP contribution is -2.30. The molecule has 0 saturated heterocycles. The summed E-state index contributed by atoms with van der Waals surface area (Å²) in [5.74, 6) is 0.752. The Morgan fingerprint density at radius 2 is 1.96 bits per heavy atom. The van der Waals surface area contributed by atoms with Crippen LogP contribution >= 0.6 is 11.3 Å². The Kier molecular flexibility index (Phi) is 5.58. The van der Waals surface area contributed by atoms with Gasteiger partial charge in [-0.25, -0.2) is 4.98 Å². The number of nitrogens with one attached hydrogen (secondary N) is 2. The van der Waals surface area contributed by atoms with Crippen molar-refractivity contribution in [2.45, 2.75) is 13.0 Å². The first kappa shape index (κ1) is 16.9. The highest BCUT2D eigenvalue weighted by molar-refractivity contribution is 7.08. The van der Waals surface area contributed by atoms with E-state index in [1.54, 1.807) is 17.6 Å². The molecule has 3 aromatic rings. The number of aromatic nitrogens is 1. The molecule has 0 radical (unpaired) electrons. The van der Waals surface area contributed by atoms with Crippen molar-refractivity contribution in [3.8, 4) is 11.3 Å². The number of thiophene rings is 1. The lowest BCUT2D eigenvalue weighted by molar-refractivity contribution is -0.121. The summed E-state index contributed by atoms with van der Waals surface area (Å²) < 4.78 is 5.62. The highest BCUT2D eigenvalue weighted by Crippen LogP contribution is 2.19. The molecule has 128 valence electrons. The minimum absolute atomic E-state index is 0.172. The van der Waals surface area contributed by atoms with E-state index in [-0.39, 0.29) is 31.3 Å². The Morgan fingerprint density at radius 1 is 1.12 bits per heavy atom. The van der Waals surface area contributed by atoms with Gasteiger partial charge in [0.15, 0.2) is 5.76 Å². The highest BCUT2D eigenvalue weighted by atomic mass is 32.1. The van der Waals surface area contributed by atoms with Crippen molar-refractivity contribution in [2.24, 2.45) is 0 Å². The van der Waals surface area contributed by atoms with Crippen molar-refractivity contribution in [3.05, 3.63) is 64.8 Å². The fraction of sp³-hybridized carbons (Fsp3) is 0.167. The number of oxazole rings is 1. The van der Waals surface area contributed by atoms with Crippen LogP contribution in [0.2, 0.25) is 0 Å². The van der Waals surface area contributed by atoms with Gasteiger partial charge < -0.3 is 15.1 Å². The Balaban J connectivity index is 1.41. The van der Waals surface area contributed by atoms with Gasteiger partial charge in [-0.15, -0.1) is 0 Å². The van der Waals surface area contributed by atoms with Gasteiger partial charge in [0.05, 0.1) is 12.7 Å². The molecule has 0 bridgehead atoms. The van der Waals surface area contributed by atoms with Crippen molar-refractivity contribution >= 4 is 23.2 Å². The van der Waals surface area contributed by atoms with Crippen LogP contribution < -0.4 is 10.6 Å². The van der Waals surface area contributed by atoms with E-state index in [1.807, 2.05) is 35.7 Å². The van der Waals surface area contributed by atoms with Crippen LogP contribution in [0, 0.1) is 0 Å². The topological polar surface area (TPSA) is 84.2 Å². The van der Waals surface area contributed by atoms with Gasteiger partial charge in [-0.3, -0.25) is 9.59 Å². The van der Waals surface area contributed by atoms with E-state index < -0.39 is 0 Å². The molecule has 1 aromatic carbocycles. The van der Waals surface area contributed by atoms with Crippen molar-refractivity contribution in [1.82, 2.24) is 15.6 Å². The number of amides is 2. The second-order valence-electron chi connectivity index (χ2n) is 5.28. The summed E-state index contributed by atoms with van der Waals surface area (Å²) in [7, 11) is 0. The van der Waals surface area contributed by atoms with Gasteiger partial charge in [-0.2, -0.15) is 11.3 Å². The number of hydrogen-bond donors (Lipinski definition) is 2. The smallest absolute Gasteiger partial charge is 0.252 e. The number of rotatable bonds is 7. The second-order valence-corrected chi connectivity index (χ2v) is 6.06. The quantitative estimate of drug-likeness (QED) is 0.682. The summed E-state index contributed by atoms with van der Waals surface area (Å²) in [6, 6.07) is 11.4. The Bertz CT molecular complexity index is 828. The van der Waals surface area contributed by atoms with E-state index in [1.165, 1.54) is 11.3 Å². The first-order valence-corrected chi connectivity index (χ1v) is 8.74. The molecule has 0 unspecified atom stereocenters. The van der Waals surface area contributed by atoms with E-state index in [0.29, 0.717) is 17.2 Å². The molecule has 0 saturated carbocycles. The lowest BCUT2D eigenvalue weighted by atomic mass is 10.2. The summed E-state index contributed by atoms with van der Waals surface area (Å²) >= 11 is 1.46. The molecule has 0 atom stereocenters. The van der Waals surface area contributed by atoms with E-state index in [4.69, 9.17) is 4.42 Å². The van der Waals surface area contributed by atoms with Crippen LogP contribution in [0.1, 0.15) is 22.7 Å². The van der Waals surface area contributed by atoms with Crippen molar-refractivity contribution in [2.75, 3.05) is 6.54 Å². The van der Waals surface area contributed by atoms with Gasteiger partial charge in [0.25, 0.3) is 5.91 Å². The van der Waals surface area contributed by atoms with Crippen LogP contribution in [0.3, 0.4) is 0 Å². The maximum absolute atomic E-state index is 11.8. The second kappa shape index (κ2) is 8.25. The molecule has 0 aliphatic carbocycles. The Hall–Kier alpha value is -2.93. The molecular formula is C18H17N3O3S. The normalized spacial score (nSPS) is 10.4. The number of nitrogens with zero attached hydrogens (tertiary/aromatic N) is 1. The Labute approximate surface area is 148 Å². The first-order valence-electron chi connectivity index (χ1n) is 7.79. The molecule has 6 nitrogen and oxygen atoms in total. The molecule has 0 aliphatic rings. The predicted molar refractivity (Wildman–Crippen MR) is 95.1 cm³/mol. The fourth-order valence-electron chi connectivity index (χ4n) is 2.18. The van der Waals surface area contributed by atoms with Gasteiger partial charge in [0.2, 0.25) is 11.8 Å². The standard InChI is InChI=1S/C18H17N3O3S/c22-16(6-8-19-18(23)14-7-9-25-12-14)20-11-17-21-10-15(24-17)13-4-2-1-3-5-13/h1-5,7,9-10,12H,6,8,11H2,(H,19,23)(H,20,22). The molecule has 0 spiro atoms. The van der Waals surface area contributed by atoms with Gasteiger partial charge in [0, 0.05) is 29.5 Å². The van der Waals surface area contributed by atoms with Crippen LogP contribution in [0.4, 0.5) is 0 Å². The van der Waals surface area contributed by atoms with Crippen molar-refractivity contribution < 1.29 is 14.0 Å². The van der Waals surface area contributed by atoms with E-state index in [0.717, 1.165) is 5.56 Å². The van der Waals surface area contributed by atoms with Crippen LogP contribution in [-0.4, -0.2) is 23.3 Å². The summed E-state index contributed by atoms with van der Waals surface area (Å²) in [5.41, 5.74) is 1.54. The number of carbonyl (C=O) groups is 2. The van der Waals surface area contributed by atoms with E-state index >= 15 is 0 Å². The summed E-state index contributed by atoms with van der Waals surface area (Å²) in [5, 5.41) is 9.04. The highest BCUT2D eigenvalue weighted by Gasteiger charge is 2.09. The minimum atomic E-state index is -0.176. The SMILES string of the molecule is O=C(CCNC(=O)c1ccsc1)NCc1ncc(-c2ccccc2)o1. The number of hydrogen-bond acceptors (Lipinski definition) is 5. The van der Waals surface area contributed by atoms with Gasteiger partial charge in [-0.1, -0.05) is 30.3 Å².